The highest BCUT2D eigenvalue weighted by Gasteiger charge is 2.27. The number of nitrogens with zero attached hydrogens (tertiary/aromatic N) is 1. The molecular formula is C20H24N2O3S. The van der Waals surface area contributed by atoms with Crippen LogP contribution in [0.3, 0.4) is 0 Å². The van der Waals surface area contributed by atoms with Crippen LogP contribution in [0, 0.1) is 0 Å². The number of esters is 1. The summed E-state index contributed by atoms with van der Waals surface area (Å²) in [6, 6.07) is 11.0. The lowest BCUT2D eigenvalue weighted by molar-refractivity contribution is 0.0526. The average Bonchev–Trinajstić information content (AvgIpc) is 3.06. The Balaban J connectivity index is 1.70. The minimum absolute atomic E-state index is 0.0887. The Bertz CT molecular complexity index is 728. The number of hydrogen-bond acceptors (Lipinski definition) is 4. The van der Waals surface area contributed by atoms with Crippen molar-refractivity contribution in [1.82, 2.24) is 4.90 Å². The summed E-state index contributed by atoms with van der Waals surface area (Å²) in [5.41, 5.74) is 1.16. The number of nitrogens with one attached hydrogen (secondary N) is 1. The van der Waals surface area contributed by atoms with E-state index >= 15 is 0 Å². The molecule has 1 fully saturated rings. The van der Waals surface area contributed by atoms with Gasteiger partial charge >= 0.3 is 12.0 Å². The third kappa shape index (κ3) is 4.43. The van der Waals surface area contributed by atoms with Crippen molar-refractivity contribution in [3.63, 3.8) is 0 Å². The molecule has 138 valence electrons. The van der Waals surface area contributed by atoms with Crippen LogP contribution >= 0.6 is 11.3 Å². The van der Waals surface area contributed by atoms with E-state index in [-0.39, 0.29) is 18.0 Å². The minimum Gasteiger partial charge on any atom is -0.462 e. The van der Waals surface area contributed by atoms with Gasteiger partial charge in [0.25, 0.3) is 0 Å². The number of ether oxygens (including phenoxy) is 1. The van der Waals surface area contributed by atoms with E-state index in [0.717, 1.165) is 32.2 Å². The van der Waals surface area contributed by atoms with Gasteiger partial charge in [0, 0.05) is 17.1 Å². The Kier molecular flexibility index (Phi) is 6.28. The highest BCUT2D eigenvalue weighted by atomic mass is 32.1. The Hall–Kier alpha value is -2.34. The summed E-state index contributed by atoms with van der Waals surface area (Å²) in [4.78, 5) is 27.8. The van der Waals surface area contributed by atoms with Gasteiger partial charge in [-0.15, -0.1) is 11.3 Å². The molecule has 2 amide bonds. The first kappa shape index (κ1) is 18.5. The molecular weight excluding hydrogens is 348 g/mol. The fourth-order valence-corrected chi connectivity index (χ4v) is 4.10. The molecule has 0 bridgehead atoms. The van der Waals surface area contributed by atoms with Crippen LogP contribution in [0.1, 0.15) is 53.9 Å². The summed E-state index contributed by atoms with van der Waals surface area (Å²) >= 11 is 1.70. The molecule has 6 heteroatoms. The fraction of sp³-hybridized carbons (Fsp3) is 0.400. The van der Waals surface area contributed by atoms with Gasteiger partial charge in [-0.05, 0) is 55.5 Å². The van der Waals surface area contributed by atoms with Gasteiger partial charge in [0.05, 0.1) is 18.2 Å². The maximum atomic E-state index is 12.9. The van der Waals surface area contributed by atoms with E-state index < -0.39 is 0 Å². The van der Waals surface area contributed by atoms with E-state index in [1.54, 1.807) is 42.5 Å². The molecule has 0 radical (unpaired) electrons. The third-order valence-electron chi connectivity index (χ3n) is 4.53. The molecule has 5 nitrogen and oxygen atoms in total. The van der Waals surface area contributed by atoms with E-state index in [2.05, 4.69) is 16.8 Å². The maximum Gasteiger partial charge on any atom is 0.338 e. The molecule has 1 aliphatic rings. The first-order valence-electron chi connectivity index (χ1n) is 9.07. The van der Waals surface area contributed by atoms with Crippen LogP contribution in [0.4, 0.5) is 10.5 Å². The summed E-state index contributed by atoms with van der Waals surface area (Å²) < 4.78 is 4.98. The first-order valence-corrected chi connectivity index (χ1v) is 9.95. The van der Waals surface area contributed by atoms with Gasteiger partial charge in [0.1, 0.15) is 0 Å². The zero-order valence-corrected chi connectivity index (χ0v) is 15.8. The summed E-state index contributed by atoms with van der Waals surface area (Å²) in [6.45, 7) is 2.88. The average molecular weight is 372 g/mol. The maximum absolute atomic E-state index is 12.9. The highest BCUT2D eigenvalue weighted by molar-refractivity contribution is 7.10. The van der Waals surface area contributed by atoms with Gasteiger partial charge < -0.3 is 15.0 Å². The molecule has 1 atom stereocenters. The van der Waals surface area contributed by atoms with Crippen LogP contribution in [-0.2, 0) is 4.74 Å². The van der Waals surface area contributed by atoms with Crippen LogP contribution < -0.4 is 5.32 Å². The molecule has 1 N–H and O–H groups in total. The highest BCUT2D eigenvalue weighted by Crippen LogP contribution is 2.33. The molecule has 0 spiro atoms. The molecule has 1 saturated heterocycles. The van der Waals surface area contributed by atoms with Crippen molar-refractivity contribution in [2.75, 3.05) is 18.5 Å². The molecule has 0 saturated carbocycles. The van der Waals surface area contributed by atoms with Gasteiger partial charge in [-0.3, -0.25) is 0 Å². The van der Waals surface area contributed by atoms with E-state index in [1.165, 1.54) is 4.88 Å². The lowest BCUT2D eigenvalue weighted by Crippen LogP contribution is -2.37. The van der Waals surface area contributed by atoms with Gasteiger partial charge in [0.15, 0.2) is 0 Å². The largest absolute Gasteiger partial charge is 0.462 e. The Morgan fingerprint density at radius 3 is 2.69 bits per heavy atom. The second-order valence-corrected chi connectivity index (χ2v) is 7.28. The molecule has 26 heavy (non-hydrogen) atoms. The van der Waals surface area contributed by atoms with E-state index in [1.807, 2.05) is 11.0 Å². The van der Waals surface area contributed by atoms with E-state index in [0.29, 0.717) is 17.9 Å². The van der Waals surface area contributed by atoms with Crippen molar-refractivity contribution in [1.29, 1.82) is 0 Å². The summed E-state index contributed by atoms with van der Waals surface area (Å²) in [7, 11) is 0. The third-order valence-corrected chi connectivity index (χ3v) is 5.51. The van der Waals surface area contributed by atoms with Gasteiger partial charge in [-0.2, -0.15) is 0 Å². The Labute approximate surface area is 158 Å². The second-order valence-electron chi connectivity index (χ2n) is 6.30. The van der Waals surface area contributed by atoms with Crippen molar-refractivity contribution >= 4 is 29.0 Å². The number of rotatable bonds is 4. The predicted octanol–water partition coefficient (Wildman–Crippen LogP) is 5.07. The summed E-state index contributed by atoms with van der Waals surface area (Å²) in [5.74, 6) is -0.351. The van der Waals surface area contributed by atoms with Gasteiger partial charge in [0.2, 0.25) is 0 Å². The molecule has 2 heterocycles. The number of anilines is 1. The molecule has 0 unspecified atom stereocenters. The number of benzene rings is 1. The Morgan fingerprint density at radius 2 is 2.00 bits per heavy atom. The van der Waals surface area contributed by atoms with Crippen molar-refractivity contribution in [2.24, 2.45) is 0 Å². The monoisotopic (exact) mass is 372 g/mol. The lowest BCUT2D eigenvalue weighted by Gasteiger charge is -2.29. The van der Waals surface area contributed by atoms with Crippen LogP contribution in [0.15, 0.2) is 41.8 Å². The van der Waals surface area contributed by atoms with Crippen LogP contribution in [0.5, 0.6) is 0 Å². The van der Waals surface area contributed by atoms with Crippen molar-refractivity contribution in [3.8, 4) is 0 Å². The van der Waals surface area contributed by atoms with Crippen molar-refractivity contribution < 1.29 is 14.3 Å². The fourth-order valence-electron chi connectivity index (χ4n) is 3.23. The zero-order valence-electron chi connectivity index (χ0n) is 14.9. The number of thiophene rings is 1. The number of carbonyl (C=O) groups is 2. The zero-order chi connectivity index (χ0) is 18.4. The van der Waals surface area contributed by atoms with E-state index in [4.69, 9.17) is 4.74 Å². The number of carbonyl (C=O) groups excluding carboxylic acids is 2. The molecule has 1 aliphatic heterocycles. The van der Waals surface area contributed by atoms with E-state index in [9.17, 15) is 9.59 Å². The second kappa shape index (κ2) is 8.85. The minimum atomic E-state index is -0.351. The van der Waals surface area contributed by atoms with Crippen molar-refractivity contribution in [3.05, 3.63) is 52.2 Å². The lowest BCUT2D eigenvalue weighted by atomic mass is 10.1. The standard InChI is InChI=1S/C20H24N2O3S/c1-2-25-19(23)15-9-11-16(12-10-15)21-20(24)22-13-5-3-4-7-17(22)18-8-6-14-26-18/h6,8-12,14,17H,2-5,7,13H2,1H3,(H,21,24)/t17-/m1/s1. The van der Waals surface area contributed by atoms with Crippen molar-refractivity contribution in [2.45, 2.75) is 38.6 Å². The molecule has 1 aromatic carbocycles. The van der Waals surface area contributed by atoms with Crippen LogP contribution in [-0.4, -0.2) is 30.1 Å². The predicted molar refractivity (Wildman–Crippen MR) is 104 cm³/mol. The molecule has 1 aromatic heterocycles. The molecule has 0 aliphatic carbocycles. The molecule has 2 aromatic rings. The number of likely N-dealkylation sites (tertiary alicyclic amines) is 1. The first-order chi connectivity index (χ1) is 12.7. The smallest absolute Gasteiger partial charge is 0.338 e. The Morgan fingerprint density at radius 1 is 1.19 bits per heavy atom. The number of hydrogen-bond donors (Lipinski definition) is 1. The van der Waals surface area contributed by atoms with Gasteiger partial charge in [-0.25, -0.2) is 9.59 Å². The molecule has 3 rings (SSSR count). The number of urea groups is 1. The number of amides is 2. The summed E-state index contributed by atoms with van der Waals surface area (Å²) in [5, 5.41) is 5.03. The summed E-state index contributed by atoms with van der Waals surface area (Å²) in [6.07, 6.45) is 4.31. The quantitative estimate of drug-likeness (QED) is 0.762. The van der Waals surface area contributed by atoms with Crippen LogP contribution in [0.2, 0.25) is 0 Å². The SMILES string of the molecule is CCOC(=O)c1ccc(NC(=O)N2CCCCC[C@@H]2c2cccs2)cc1. The normalized spacial score (nSPS) is 17.4. The topological polar surface area (TPSA) is 58.6 Å². The van der Waals surface area contributed by atoms with Crippen LogP contribution in [0.25, 0.3) is 0 Å². The van der Waals surface area contributed by atoms with Gasteiger partial charge in [-0.1, -0.05) is 18.9 Å².